The van der Waals surface area contributed by atoms with E-state index in [-0.39, 0.29) is 5.78 Å². The Bertz CT molecular complexity index is 529. The molecule has 100 valence electrons. The maximum absolute atomic E-state index is 12.4. The van der Waals surface area contributed by atoms with Gasteiger partial charge in [-0.15, -0.1) is 0 Å². The minimum atomic E-state index is -0.392. The van der Waals surface area contributed by atoms with Crippen LogP contribution in [0.1, 0.15) is 36.0 Å². The molecular weight excluding hydrogens is 264 g/mol. The first-order valence-electron chi connectivity index (χ1n) is 6.24. The molecule has 0 saturated carbocycles. The number of carbonyl (C=O) groups is 2. The average molecular weight is 279 g/mol. The van der Waals surface area contributed by atoms with Crippen molar-refractivity contribution in [3.8, 4) is 0 Å². The van der Waals surface area contributed by atoms with Crippen LogP contribution in [0.2, 0.25) is 5.02 Å². The Morgan fingerprint density at radius 3 is 2.21 bits per heavy atom. The summed E-state index contributed by atoms with van der Waals surface area (Å²) in [6.07, 6.45) is 3.09. The van der Waals surface area contributed by atoms with Gasteiger partial charge in [0.2, 0.25) is 0 Å². The number of halogens is 1. The highest BCUT2D eigenvalue weighted by molar-refractivity contribution is 6.30. The van der Waals surface area contributed by atoms with E-state index in [4.69, 9.17) is 16.3 Å². The normalized spacial score (nSPS) is 15.3. The molecule has 0 unspecified atom stereocenters. The summed E-state index contributed by atoms with van der Waals surface area (Å²) in [7, 11) is 1.34. The van der Waals surface area contributed by atoms with E-state index in [2.05, 4.69) is 0 Å². The standard InChI is InChI=1S/C15H15ClO3/c1-19-15(18)13-5-3-2-4-12(13)14(17)10-6-8-11(16)9-7-10/h6-9H,2-5H2,1H3. The summed E-state index contributed by atoms with van der Waals surface area (Å²) in [5, 5.41) is 0.586. The molecule has 1 aromatic rings. The Morgan fingerprint density at radius 2 is 1.63 bits per heavy atom. The SMILES string of the molecule is COC(=O)C1=C(C(=O)c2ccc(Cl)cc2)CCCC1. The number of ether oxygens (including phenoxy) is 1. The number of hydrogen-bond acceptors (Lipinski definition) is 3. The number of allylic oxidation sites excluding steroid dienone is 1. The summed E-state index contributed by atoms with van der Waals surface area (Å²) in [6, 6.07) is 6.72. The Balaban J connectivity index is 2.36. The zero-order valence-electron chi connectivity index (χ0n) is 10.7. The smallest absolute Gasteiger partial charge is 0.334 e. The van der Waals surface area contributed by atoms with Crippen molar-refractivity contribution in [2.75, 3.05) is 7.11 Å². The van der Waals surface area contributed by atoms with Gasteiger partial charge in [0.05, 0.1) is 7.11 Å². The minimum absolute atomic E-state index is 0.100. The first-order chi connectivity index (χ1) is 9.13. The van der Waals surface area contributed by atoms with E-state index in [1.807, 2.05) is 0 Å². The Hall–Kier alpha value is -1.61. The van der Waals surface area contributed by atoms with Crippen molar-refractivity contribution in [3.05, 3.63) is 46.0 Å². The molecule has 0 fully saturated rings. The summed E-state index contributed by atoms with van der Waals surface area (Å²) < 4.78 is 4.75. The summed E-state index contributed by atoms with van der Waals surface area (Å²) in [5.41, 5.74) is 1.66. The first kappa shape index (κ1) is 13.8. The molecule has 3 nitrogen and oxygen atoms in total. The molecule has 1 aliphatic carbocycles. The highest BCUT2D eigenvalue weighted by Crippen LogP contribution is 2.28. The Morgan fingerprint density at radius 1 is 1.05 bits per heavy atom. The van der Waals surface area contributed by atoms with Gasteiger partial charge in [-0.05, 0) is 49.9 Å². The van der Waals surface area contributed by atoms with Gasteiger partial charge in [-0.25, -0.2) is 4.79 Å². The molecule has 0 heterocycles. The number of ketones is 1. The van der Waals surface area contributed by atoms with Crippen LogP contribution >= 0.6 is 11.6 Å². The maximum atomic E-state index is 12.4. The minimum Gasteiger partial charge on any atom is -0.466 e. The van der Waals surface area contributed by atoms with Crippen LogP contribution in [0.15, 0.2) is 35.4 Å². The number of hydrogen-bond donors (Lipinski definition) is 0. The van der Waals surface area contributed by atoms with Crippen LogP contribution in [-0.4, -0.2) is 18.9 Å². The predicted octanol–water partition coefficient (Wildman–Crippen LogP) is 3.57. The van der Waals surface area contributed by atoms with Crippen LogP contribution in [0.3, 0.4) is 0 Å². The van der Waals surface area contributed by atoms with Gasteiger partial charge in [-0.3, -0.25) is 4.79 Å². The number of benzene rings is 1. The lowest BCUT2D eigenvalue weighted by Crippen LogP contribution is -2.17. The molecule has 0 aliphatic heterocycles. The third kappa shape index (κ3) is 3.04. The number of rotatable bonds is 3. The second-order valence-electron chi connectivity index (χ2n) is 4.49. The van der Waals surface area contributed by atoms with Crippen molar-refractivity contribution in [1.29, 1.82) is 0 Å². The molecule has 0 amide bonds. The average Bonchev–Trinajstić information content (AvgIpc) is 2.46. The summed E-state index contributed by atoms with van der Waals surface area (Å²) in [4.78, 5) is 24.1. The van der Waals surface area contributed by atoms with Gasteiger partial charge in [-0.2, -0.15) is 0 Å². The van der Waals surface area contributed by atoms with Crippen molar-refractivity contribution < 1.29 is 14.3 Å². The van der Waals surface area contributed by atoms with Crippen LogP contribution in [0.4, 0.5) is 0 Å². The van der Waals surface area contributed by atoms with Crippen LogP contribution in [-0.2, 0) is 9.53 Å². The van der Waals surface area contributed by atoms with Crippen LogP contribution in [0, 0.1) is 0 Å². The van der Waals surface area contributed by atoms with Crippen molar-refractivity contribution >= 4 is 23.4 Å². The van der Waals surface area contributed by atoms with Crippen molar-refractivity contribution in [1.82, 2.24) is 0 Å². The summed E-state index contributed by atoms with van der Waals surface area (Å²) in [6.45, 7) is 0. The molecule has 0 spiro atoms. The molecule has 1 aromatic carbocycles. The molecule has 0 atom stereocenters. The Kier molecular flexibility index (Phi) is 4.38. The third-order valence-electron chi connectivity index (χ3n) is 3.28. The van der Waals surface area contributed by atoms with Gasteiger partial charge < -0.3 is 4.74 Å². The molecule has 1 aliphatic rings. The number of Topliss-reactive ketones (excluding diaryl/α,β-unsaturated/α-hetero) is 1. The van der Waals surface area contributed by atoms with Gasteiger partial charge >= 0.3 is 5.97 Å². The highest BCUT2D eigenvalue weighted by Gasteiger charge is 2.24. The lowest BCUT2D eigenvalue weighted by atomic mass is 9.87. The second-order valence-corrected chi connectivity index (χ2v) is 4.93. The number of carbonyl (C=O) groups excluding carboxylic acids is 2. The Labute approximate surface area is 117 Å². The second kappa shape index (κ2) is 6.02. The highest BCUT2D eigenvalue weighted by atomic mass is 35.5. The van der Waals surface area contributed by atoms with E-state index in [9.17, 15) is 9.59 Å². The fourth-order valence-electron chi connectivity index (χ4n) is 2.28. The fraction of sp³-hybridized carbons (Fsp3) is 0.333. The zero-order chi connectivity index (χ0) is 13.8. The largest absolute Gasteiger partial charge is 0.466 e. The van der Waals surface area contributed by atoms with Crippen LogP contribution in [0.25, 0.3) is 0 Å². The van der Waals surface area contributed by atoms with E-state index in [1.165, 1.54) is 7.11 Å². The van der Waals surface area contributed by atoms with E-state index in [0.717, 1.165) is 12.8 Å². The first-order valence-corrected chi connectivity index (χ1v) is 6.62. The third-order valence-corrected chi connectivity index (χ3v) is 3.53. The monoisotopic (exact) mass is 278 g/mol. The zero-order valence-corrected chi connectivity index (χ0v) is 11.5. The molecule has 2 rings (SSSR count). The molecule has 0 saturated heterocycles. The lowest BCUT2D eigenvalue weighted by Gasteiger charge is -2.17. The van der Waals surface area contributed by atoms with Crippen molar-refractivity contribution in [2.45, 2.75) is 25.7 Å². The molecule has 0 radical (unpaired) electrons. The van der Waals surface area contributed by atoms with E-state index in [1.54, 1.807) is 24.3 Å². The van der Waals surface area contributed by atoms with E-state index in [0.29, 0.717) is 34.6 Å². The molecule has 4 heteroatoms. The molecular formula is C15H15ClO3. The van der Waals surface area contributed by atoms with Crippen molar-refractivity contribution in [2.24, 2.45) is 0 Å². The molecule has 19 heavy (non-hydrogen) atoms. The topological polar surface area (TPSA) is 43.4 Å². The predicted molar refractivity (Wildman–Crippen MR) is 73.3 cm³/mol. The van der Waals surface area contributed by atoms with Gasteiger partial charge in [0.25, 0.3) is 0 Å². The molecule has 0 aromatic heterocycles. The van der Waals surface area contributed by atoms with Crippen LogP contribution < -0.4 is 0 Å². The van der Waals surface area contributed by atoms with Gasteiger partial charge in [0.1, 0.15) is 0 Å². The maximum Gasteiger partial charge on any atom is 0.334 e. The van der Waals surface area contributed by atoms with Gasteiger partial charge in [0, 0.05) is 21.7 Å². The summed E-state index contributed by atoms with van der Waals surface area (Å²) in [5.74, 6) is -0.492. The quantitative estimate of drug-likeness (QED) is 0.627. The van der Waals surface area contributed by atoms with E-state index < -0.39 is 5.97 Å². The number of esters is 1. The summed E-state index contributed by atoms with van der Waals surface area (Å²) >= 11 is 5.81. The van der Waals surface area contributed by atoms with Crippen LogP contribution in [0.5, 0.6) is 0 Å². The van der Waals surface area contributed by atoms with Crippen molar-refractivity contribution in [3.63, 3.8) is 0 Å². The fourth-order valence-corrected chi connectivity index (χ4v) is 2.41. The number of methoxy groups -OCH3 is 1. The molecule has 0 bridgehead atoms. The lowest BCUT2D eigenvalue weighted by molar-refractivity contribution is -0.136. The van der Waals surface area contributed by atoms with Gasteiger partial charge in [0.15, 0.2) is 5.78 Å². The van der Waals surface area contributed by atoms with Gasteiger partial charge in [-0.1, -0.05) is 11.6 Å². The van der Waals surface area contributed by atoms with E-state index >= 15 is 0 Å². The molecule has 0 N–H and O–H groups in total.